The number of para-hydroxylation sites is 1. The van der Waals surface area contributed by atoms with Gasteiger partial charge in [0.25, 0.3) is 0 Å². The molecule has 2 aromatic rings. The molecular formula is C9H7FN2O. The molecule has 1 aromatic carbocycles. The second kappa shape index (κ2) is 2.65. The largest absolute Gasteiger partial charge is 0.335 e. The summed E-state index contributed by atoms with van der Waals surface area (Å²) >= 11 is 0. The van der Waals surface area contributed by atoms with Gasteiger partial charge in [-0.25, -0.2) is 9.37 Å². The van der Waals surface area contributed by atoms with E-state index in [1.165, 1.54) is 13.0 Å². The predicted octanol–water partition coefficient (Wildman–Crippen LogP) is 1.90. The first-order valence-electron chi connectivity index (χ1n) is 3.83. The van der Waals surface area contributed by atoms with Gasteiger partial charge in [-0.15, -0.1) is 0 Å². The van der Waals surface area contributed by atoms with E-state index in [1.54, 1.807) is 12.1 Å². The number of nitrogens with one attached hydrogen (secondary N) is 1. The summed E-state index contributed by atoms with van der Waals surface area (Å²) in [6.45, 7) is 1.38. The number of halogens is 1. The van der Waals surface area contributed by atoms with E-state index in [0.717, 1.165) is 0 Å². The van der Waals surface area contributed by atoms with Gasteiger partial charge < -0.3 is 4.98 Å². The molecule has 3 nitrogen and oxygen atoms in total. The van der Waals surface area contributed by atoms with Crippen LogP contribution in [0.1, 0.15) is 17.5 Å². The van der Waals surface area contributed by atoms with Crippen molar-refractivity contribution in [3.63, 3.8) is 0 Å². The zero-order valence-corrected chi connectivity index (χ0v) is 6.97. The first kappa shape index (κ1) is 7.91. The average Bonchev–Trinajstić information content (AvgIpc) is 2.49. The minimum Gasteiger partial charge on any atom is -0.335 e. The fraction of sp³-hybridized carbons (Fsp3) is 0.111. The van der Waals surface area contributed by atoms with Gasteiger partial charge in [-0.05, 0) is 12.1 Å². The molecule has 0 bridgehead atoms. The molecule has 0 fully saturated rings. The number of ketones is 1. The molecule has 1 heterocycles. The number of aromatic amines is 1. The summed E-state index contributed by atoms with van der Waals surface area (Å²) in [5.41, 5.74) is 0.762. The maximum Gasteiger partial charge on any atom is 0.195 e. The Kier molecular flexibility index (Phi) is 1.62. The molecule has 4 heteroatoms. The second-order valence-corrected chi connectivity index (χ2v) is 2.78. The molecule has 0 atom stereocenters. The van der Waals surface area contributed by atoms with Crippen LogP contribution in [0.2, 0.25) is 0 Å². The standard InChI is InChI=1S/C9H7FN2O/c1-5(13)9-11-7-4-2-3-6(10)8(7)12-9/h2-4H,1H3,(H,11,12). The molecular weight excluding hydrogens is 171 g/mol. The number of rotatable bonds is 1. The van der Waals surface area contributed by atoms with E-state index in [4.69, 9.17) is 0 Å². The lowest BCUT2D eigenvalue weighted by Crippen LogP contribution is -1.93. The van der Waals surface area contributed by atoms with Crippen LogP contribution in [0.25, 0.3) is 11.0 Å². The highest BCUT2D eigenvalue weighted by Gasteiger charge is 2.08. The van der Waals surface area contributed by atoms with Crippen molar-refractivity contribution < 1.29 is 9.18 Å². The minimum absolute atomic E-state index is 0.195. The molecule has 0 unspecified atom stereocenters. The van der Waals surface area contributed by atoms with Gasteiger partial charge in [0.05, 0.1) is 5.52 Å². The molecule has 2 rings (SSSR count). The Morgan fingerprint density at radius 2 is 2.31 bits per heavy atom. The van der Waals surface area contributed by atoms with Crippen LogP contribution in [0.4, 0.5) is 4.39 Å². The molecule has 66 valence electrons. The van der Waals surface area contributed by atoms with E-state index < -0.39 is 5.82 Å². The zero-order chi connectivity index (χ0) is 9.42. The highest BCUT2D eigenvalue weighted by atomic mass is 19.1. The molecule has 1 N–H and O–H groups in total. The van der Waals surface area contributed by atoms with Gasteiger partial charge in [0, 0.05) is 6.92 Å². The molecule has 0 amide bonds. The highest BCUT2D eigenvalue weighted by Crippen LogP contribution is 2.14. The van der Waals surface area contributed by atoms with Crippen molar-refractivity contribution in [2.75, 3.05) is 0 Å². The molecule has 0 spiro atoms. The first-order valence-corrected chi connectivity index (χ1v) is 3.83. The molecule has 0 saturated heterocycles. The van der Waals surface area contributed by atoms with Crippen molar-refractivity contribution in [2.45, 2.75) is 6.92 Å². The molecule has 0 aliphatic rings. The number of imidazole rings is 1. The SMILES string of the molecule is CC(=O)c1nc2c(F)cccc2[nH]1. The Morgan fingerprint density at radius 3 is 2.92 bits per heavy atom. The summed E-state index contributed by atoms with van der Waals surface area (Å²) < 4.78 is 13.1. The lowest BCUT2D eigenvalue weighted by Gasteiger charge is -1.86. The monoisotopic (exact) mass is 178 g/mol. The van der Waals surface area contributed by atoms with E-state index in [2.05, 4.69) is 9.97 Å². The molecule has 0 aliphatic carbocycles. The van der Waals surface area contributed by atoms with Crippen molar-refractivity contribution in [3.05, 3.63) is 29.8 Å². The minimum atomic E-state index is -0.416. The van der Waals surface area contributed by atoms with Crippen molar-refractivity contribution in [3.8, 4) is 0 Å². The van der Waals surface area contributed by atoms with Crippen LogP contribution < -0.4 is 0 Å². The maximum absolute atomic E-state index is 13.1. The van der Waals surface area contributed by atoms with Crippen LogP contribution in [-0.2, 0) is 0 Å². The van der Waals surface area contributed by atoms with Gasteiger partial charge in [0.2, 0.25) is 0 Å². The highest BCUT2D eigenvalue weighted by molar-refractivity contribution is 5.94. The number of benzene rings is 1. The third-order valence-electron chi connectivity index (χ3n) is 1.80. The number of carbonyl (C=O) groups excluding carboxylic acids is 1. The van der Waals surface area contributed by atoms with Crippen molar-refractivity contribution >= 4 is 16.8 Å². The second-order valence-electron chi connectivity index (χ2n) is 2.78. The number of hydrogen-bond donors (Lipinski definition) is 1. The number of Topliss-reactive ketones (excluding diaryl/α,β-unsaturated/α-hetero) is 1. The van der Waals surface area contributed by atoms with Gasteiger partial charge in [0.15, 0.2) is 17.4 Å². The summed E-state index contributed by atoms with van der Waals surface area (Å²) in [7, 11) is 0. The smallest absolute Gasteiger partial charge is 0.195 e. The van der Waals surface area contributed by atoms with Crippen LogP contribution >= 0.6 is 0 Å². The molecule has 1 aromatic heterocycles. The summed E-state index contributed by atoms with van der Waals surface area (Å²) in [6.07, 6.45) is 0. The Morgan fingerprint density at radius 1 is 1.54 bits per heavy atom. The van der Waals surface area contributed by atoms with E-state index in [0.29, 0.717) is 5.52 Å². The van der Waals surface area contributed by atoms with Gasteiger partial charge in [0.1, 0.15) is 5.52 Å². The van der Waals surface area contributed by atoms with Crippen molar-refractivity contribution in [1.29, 1.82) is 0 Å². The normalized spacial score (nSPS) is 10.6. The van der Waals surface area contributed by atoms with E-state index in [1.807, 2.05) is 0 Å². The van der Waals surface area contributed by atoms with E-state index >= 15 is 0 Å². The third kappa shape index (κ3) is 1.20. The fourth-order valence-electron chi connectivity index (χ4n) is 1.16. The van der Waals surface area contributed by atoms with E-state index in [9.17, 15) is 9.18 Å². The lowest BCUT2D eigenvalue weighted by molar-refractivity contribution is 0.100. The topological polar surface area (TPSA) is 45.8 Å². The maximum atomic E-state index is 13.1. The first-order chi connectivity index (χ1) is 6.18. The Labute approximate surface area is 73.6 Å². The van der Waals surface area contributed by atoms with E-state index in [-0.39, 0.29) is 17.1 Å². The fourth-order valence-corrected chi connectivity index (χ4v) is 1.16. The molecule has 0 radical (unpaired) electrons. The number of fused-ring (bicyclic) bond motifs is 1. The number of hydrogen-bond acceptors (Lipinski definition) is 2. The van der Waals surface area contributed by atoms with Crippen LogP contribution in [0, 0.1) is 5.82 Å². The molecule has 13 heavy (non-hydrogen) atoms. The lowest BCUT2D eigenvalue weighted by atomic mass is 10.3. The average molecular weight is 178 g/mol. The molecule has 0 saturated carbocycles. The number of H-pyrrole nitrogens is 1. The van der Waals surface area contributed by atoms with Gasteiger partial charge in [-0.2, -0.15) is 0 Å². The quantitative estimate of drug-likeness (QED) is 0.678. The van der Waals surface area contributed by atoms with Crippen LogP contribution in [0.3, 0.4) is 0 Å². The van der Waals surface area contributed by atoms with Crippen LogP contribution in [0.5, 0.6) is 0 Å². The predicted molar refractivity (Wildman–Crippen MR) is 46.1 cm³/mol. The Hall–Kier alpha value is -1.71. The van der Waals surface area contributed by atoms with Gasteiger partial charge >= 0.3 is 0 Å². The van der Waals surface area contributed by atoms with Gasteiger partial charge in [-0.1, -0.05) is 6.07 Å². The summed E-state index contributed by atoms with van der Waals surface area (Å²) in [6, 6.07) is 4.56. The van der Waals surface area contributed by atoms with Gasteiger partial charge in [-0.3, -0.25) is 4.79 Å². The summed E-state index contributed by atoms with van der Waals surface area (Å²) in [4.78, 5) is 17.5. The summed E-state index contributed by atoms with van der Waals surface area (Å²) in [5.74, 6) is -0.419. The number of carbonyl (C=O) groups is 1. The Balaban J connectivity index is 2.75. The number of nitrogens with zero attached hydrogens (tertiary/aromatic N) is 1. The summed E-state index contributed by atoms with van der Waals surface area (Å²) in [5, 5.41) is 0. The third-order valence-corrected chi connectivity index (χ3v) is 1.80. The number of aromatic nitrogens is 2. The zero-order valence-electron chi connectivity index (χ0n) is 6.97. The van der Waals surface area contributed by atoms with Crippen LogP contribution in [-0.4, -0.2) is 15.8 Å². The Bertz CT molecular complexity index is 475. The van der Waals surface area contributed by atoms with Crippen molar-refractivity contribution in [1.82, 2.24) is 9.97 Å². The molecule has 0 aliphatic heterocycles. The van der Waals surface area contributed by atoms with Crippen LogP contribution in [0.15, 0.2) is 18.2 Å². The van der Waals surface area contributed by atoms with Crippen molar-refractivity contribution in [2.24, 2.45) is 0 Å².